The Morgan fingerprint density at radius 2 is 1.96 bits per heavy atom. The molecule has 2 aromatic rings. The van der Waals surface area contributed by atoms with E-state index in [9.17, 15) is 19.7 Å². The fourth-order valence-electron chi connectivity index (χ4n) is 2.46. The number of urea groups is 1. The van der Waals surface area contributed by atoms with E-state index >= 15 is 0 Å². The number of non-ortho nitro benzene ring substituents is 1. The molecule has 0 bridgehead atoms. The quantitative estimate of drug-likeness (QED) is 0.418. The fourth-order valence-corrected chi connectivity index (χ4v) is 3.19. The molecular weight excluding hydrogens is 374 g/mol. The zero-order valence-electron chi connectivity index (χ0n) is 14.5. The number of hydrogen-bond acceptors (Lipinski definition) is 8. The zero-order chi connectivity index (χ0) is 19.6. The monoisotopic (exact) mass is 389 g/mol. The maximum Gasteiger partial charge on any atom is 0.349 e. The minimum Gasteiger partial charge on any atom is -0.416 e. The summed E-state index contributed by atoms with van der Waals surface area (Å²) in [4.78, 5) is 38.8. The molecule has 3 rings (SSSR count). The molecule has 1 atom stereocenters. The largest absolute Gasteiger partial charge is 0.416 e. The highest BCUT2D eigenvalue weighted by molar-refractivity contribution is 7.98. The van der Waals surface area contributed by atoms with E-state index in [4.69, 9.17) is 4.42 Å². The van der Waals surface area contributed by atoms with Gasteiger partial charge in [-0.05, 0) is 12.5 Å². The number of carbonyl (C=O) groups excluding carboxylic acids is 2. The van der Waals surface area contributed by atoms with Gasteiger partial charge in [0.2, 0.25) is 11.8 Å². The first kappa shape index (κ1) is 18.7. The number of nitro benzene ring substituents is 1. The molecule has 1 unspecified atom stereocenters. The minimum absolute atomic E-state index is 0.0291. The van der Waals surface area contributed by atoms with Gasteiger partial charge in [-0.25, -0.2) is 9.79 Å². The van der Waals surface area contributed by atoms with E-state index in [1.165, 1.54) is 30.9 Å². The Morgan fingerprint density at radius 3 is 2.63 bits per heavy atom. The molecule has 1 aliphatic heterocycles. The molecule has 11 heteroatoms. The van der Waals surface area contributed by atoms with Gasteiger partial charge in [0.05, 0.1) is 10.8 Å². The Bertz CT molecular complexity index is 924. The van der Waals surface area contributed by atoms with Crippen LogP contribution in [0, 0.1) is 16.0 Å². The second-order valence-electron chi connectivity index (χ2n) is 5.86. The Balaban J connectivity index is 1.61. The van der Waals surface area contributed by atoms with Gasteiger partial charge in [0.15, 0.2) is 0 Å². The van der Waals surface area contributed by atoms with E-state index in [0.29, 0.717) is 16.7 Å². The van der Waals surface area contributed by atoms with Crippen LogP contribution < -0.4 is 0 Å². The van der Waals surface area contributed by atoms with Gasteiger partial charge in [-0.15, -0.1) is 10.2 Å². The number of hydrogen-bond donors (Lipinski definition) is 0. The Hall–Kier alpha value is -3.08. The zero-order valence-corrected chi connectivity index (χ0v) is 15.3. The maximum atomic E-state index is 12.2. The summed E-state index contributed by atoms with van der Waals surface area (Å²) in [6, 6.07) is 5.61. The Labute approximate surface area is 157 Å². The summed E-state index contributed by atoms with van der Waals surface area (Å²) in [5.41, 5.74) is 1.32. The van der Waals surface area contributed by atoms with Crippen LogP contribution in [-0.2, 0) is 17.0 Å². The second-order valence-corrected chi connectivity index (χ2v) is 6.79. The number of nitro groups is 1. The highest BCUT2D eigenvalue weighted by Crippen LogP contribution is 2.24. The van der Waals surface area contributed by atoms with Gasteiger partial charge in [-0.2, -0.15) is 0 Å². The van der Waals surface area contributed by atoms with Crippen molar-refractivity contribution in [2.24, 2.45) is 10.9 Å². The number of nitrogens with zero attached hydrogens (tertiary/aromatic N) is 5. The lowest BCUT2D eigenvalue weighted by atomic mass is 9.97. The van der Waals surface area contributed by atoms with E-state index < -0.39 is 16.9 Å². The van der Waals surface area contributed by atoms with Crippen molar-refractivity contribution < 1.29 is 18.9 Å². The number of benzene rings is 1. The van der Waals surface area contributed by atoms with Crippen LogP contribution in [0.1, 0.15) is 18.4 Å². The van der Waals surface area contributed by atoms with Gasteiger partial charge in [-0.1, -0.05) is 23.9 Å². The first-order valence-corrected chi connectivity index (χ1v) is 8.89. The summed E-state index contributed by atoms with van der Waals surface area (Å²) >= 11 is 1.28. The third-order valence-electron chi connectivity index (χ3n) is 4.03. The van der Waals surface area contributed by atoms with E-state index in [-0.39, 0.29) is 23.9 Å². The molecule has 0 saturated heterocycles. The summed E-state index contributed by atoms with van der Waals surface area (Å²) < 4.78 is 5.55. The fraction of sp³-hybridized carbons (Fsp3) is 0.312. The van der Waals surface area contributed by atoms with E-state index in [1.807, 2.05) is 0 Å². The number of imide groups is 1. The smallest absolute Gasteiger partial charge is 0.349 e. The lowest BCUT2D eigenvalue weighted by Crippen LogP contribution is -2.44. The predicted molar refractivity (Wildman–Crippen MR) is 95.4 cm³/mol. The van der Waals surface area contributed by atoms with Crippen molar-refractivity contribution >= 4 is 35.1 Å². The van der Waals surface area contributed by atoms with E-state index in [0.717, 1.165) is 10.5 Å². The van der Waals surface area contributed by atoms with Gasteiger partial charge in [0.1, 0.15) is 0 Å². The standard InChI is InChI=1S/C16H15N5O5S/c1-9-12(14(22)20(2)15(23)17-9)7-13-18-19-16(26-13)27-8-10-3-5-11(6-4-10)21(24)25/h3-6,12H,7-8H2,1-2H3. The third kappa shape index (κ3) is 4.19. The Kier molecular flexibility index (Phi) is 5.31. The molecule has 0 radical (unpaired) electrons. The predicted octanol–water partition coefficient (Wildman–Crippen LogP) is 2.48. The van der Waals surface area contributed by atoms with Crippen LogP contribution in [0.2, 0.25) is 0 Å². The number of aromatic nitrogens is 2. The van der Waals surface area contributed by atoms with Crippen LogP contribution in [0.5, 0.6) is 0 Å². The van der Waals surface area contributed by atoms with Crippen LogP contribution in [0.3, 0.4) is 0 Å². The lowest BCUT2D eigenvalue weighted by Gasteiger charge is -2.24. The highest BCUT2D eigenvalue weighted by atomic mass is 32.2. The van der Waals surface area contributed by atoms with Gasteiger partial charge in [0, 0.05) is 37.1 Å². The number of thioether (sulfide) groups is 1. The van der Waals surface area contributed by atoms with E-state index in [1.54, 1.807) is 19.1 Å². The molecule has 0 saturated carbocycles. The summed E-state index contributed by atoms with van der Waals surface area (Å²) in [5, 5.41) is 18.8. The molecule has 1 aliphatic rings. The van der Waals surface area contributed by atoms with Crippen molar-refractivity contribution in [1.29, 1.82) is 0 Å². The topological polar surface area (TPSA) is 132 Å². The molecule has 27 heavy (non-hydrogen) atoms. The Morgan fingerprint density at radius 1 is 1.26 bits per heavy atom. The summed E-state index contributed by atoms with van der Waals surface area (Å²) in [6.07, 6.45) is 0.164. The van der Waals surface area contributed by atoms with Crippen LogP contribution >= 0.6 is 11.8 Å². The van der Waals surface area contributed by atoms with Crippen molar-refractivity contribution in [3.05, 3.63) is 45.8 Å². The molecule has 1 aromatic heterocycles. The van der Waals surface area contributed by atoms with Gasteiger partial charge in [-0.3, -0.25) is 19.8 Å². The number of aliphatic imine (C=N–C) groups is 1. The molecule has 1 aromatic carbocycles. The van der Waals surface area contributed by atoms with Crippen LogP contribution in [0.25, 0.3) is 0 Å². The van der Waals surface area contributed by atoms with Crippen molar-refractivity contribution in [1.82, 2.24) is 15.1 Å². The summed E-state index contributed by atoms with van der Waals surface area (Å²) in [6.45, 7) is 1.62. The van der Waals surface area contributed by atoms with Crippen molar-refractivity contribution in [3.63, 3.8) is 0 Å². The van der Waals surface area contributed by atoms with Crippen molar-refractivity contribution in [3.8, 4) is 0 Å². The minimum atomic E-state index is -0.610. The number of carbonyl (C=O) groups is 2. The second kappa shape index (κ2) is 7.66. The van der Waals surface area contributed by atoms with Gasteiger partial charge >= 0.3 is 6.03 Å². The van der Waals surface area contributed by atoms with E-state index in [2.05, 4.69) is 15.2 Å². The number of rotatable bonds is 6. The number of amides is 3. The molecule has 2 heterocycles. The summed E-state index contributed by atoms with van der Waals surface area (Å²) in [5.74, 6) is -0.192. The SMILES string of the molecule is CC1=NC(=O)N(C)C(=O)C1Cc1nnc(SCc2ccc([N+](=O)[O-])cc2)o1. The van der Waals surface area contributed by atoms with Gasteiger partial charge < -0.3 is 4.42 Å². The molecule has 0 N–H and O–H groups in total. The highest BCUT2D eigenvalue weighted by Gasteiger charge is 2.34. The first-order chi connectivity index (χ1) is 12.8. The van der Waals surface area contributed by atoms with Gasteiger partial charge in [0.25, 0.3) is 10.9 Å². The summed E-state index contributed by atoms with van der Waals surface area (Å²) in [7, 11) is 1.38. The van der Waals surface area contributed by atoms with Crippen LogP contribution in [0.15, 0.2) is 38.9 Å². The molecular formula is C16H15N5O5S. The van der Waals surface area contributed by atoms with Crippen molar-refractivity contribution in [2.75, 3.05) is 7.05 Å². The normalized spacial score (nSPS) is 17.2. The average molecular weight is 389 g/mol. The molecule has 0 spiro atoms. The molecule has 10 nitrogen and oxygen atoms in total. The lowest BCUT2D eigenvalue weighted by molar-refractivity contribution is -0.384. The average Bonchev–Trinajstić information content (AvgIpc) is 3.10. The molecule has 3 amide bonds. The molecule has 0 aliphatic carbocycles. The van der Waals surface area contributed by atoms with Crippen molar-refractivity contribution in [2.45, 2.75) is 24.3 Å². The van der Waals surface area contributed by atoms with Crippen LogP contribution in [0.4, 0.5) is 10.5 Å². The third-order valence-corrected chi connectivity index (χ3v) is 4.92. The maximum absolute atomic E-state index is 12.2. The molecule has 0 fully saturated rings. The van der Waals surface area contributed by atoms with Crippen LogP contribution in [-0.4, -0.2) is 44.7 Å². The molecule has 140 valence electrons. The first-order valence-electron chi connectivity index (χ1n) is 7.90.